The zero-order chi connectivity index (χ0) is 7.07. The molecule has 0 spiro atoms. The average molecular weight is 127 g/mol. The minimum Gasteiger partial charge on any atom is -0.311 e. The minimum atomic E-state index is 0.551. The van der Waals surface area contributed by atoms with E-state index >= 15 is 0 Å². The first-order chi connectivity index (χ1) is 4.08. The van der Waals surface area contributed by atoms with Crippen molar-refractivity contribution in [2.75, 3.05) is 20.6 Å². The monoisotopic (exact) mass is 127 g/mol. The quantitative estimate of drug-likeness (QED) is 0.323. The first kappa shape index (κ1) is 6.75. The van der Waals surface area contributed by atoms with E-state index in [-0.39, 0.29) is 0 Å². The summed E-state index contributed by atoms with van der Waals surface area (Å²) in [7, 11) is 4.35. The topological polar surface area (TPSA) is 23.9 Å². The van der Waals surface area contributed by atoms with Crippen molar-refractivity contribution >= 4 is 5.71 Å². The fraction of sp³-hybridized carbons (Fsp3) is 0.857. The molecule has 9 heavy (non-hydrogen) atoms. The van der Waals surface area contributed by atoms with Gasteiger partial charge in [0.05, 0.1) is 19.8 Å². The van der Waals surface area contributed by atoms with Crippen molar-refractivity contribution in [3.63, 3.8) is 0 Å². The Bertz CT molecular complexity index is 138. The van der Waals surface area contributed by atoms with Crippen LogP contribution >= 0.6 is 0 Å². The van der Waals surface area contributed by atoms with Crippen LogP contribution in [0, 0.1) is 5.41 Å². The van der Waals surface area contributed by atoms with E-state index in [0.717, 1.165) is 16.6 Å². The molecule has 1 aliphatic rings. The molecule has 0 bridgehead atoms. The maximum absolute atomic E-state index is 7.49. The van der Waals surface area contributed by atoms with Crippen LogP contribution in [0.3, 0.4) is 0 Å². The third-order valence-electron chi connectivity index (χ3n) is 2.14. The molecule has 0 aromatic carbocycles. The second kappa shape index (κ2) is 1.81. The fourth-order valence-corrected chi connectivity index (χ4v) is 1.17. The lowest BCUT2D eigenvalue weighted by molar-refractivity contribution is -0.762. The van der Waals surface area contributed by atoms with Crippen LogP contribution in [-0.4, -0.2) is 36.9 Å². The molecule has 1 heterocycles. The third-order valence-corrected chi connectivity index (χ3v) is 2.14. The van der Waals surface area contributed by atoms with Crippen LogP contribution in [0.1, 0.15) is 13.3 Å². The van der Waals surface area contributed by atoms with E-state index in [2.05, 4.69) is 21.0 Å². The Labute approximate surface area is 56.6 Å². The molecule has 0 aliphatic carbocycles. The predicted molar refractivity (Wildman–Crippen MR) is 38.8 cm³/mol. The van der Waals surface area contributed by atoms with Crippen molar-refractivity contribution < 1.29 is 4.48 Å². The highest BCUT2D eigenvalue weighted by atomic mass is 15.5. The summed E-state index contributed by atoms with van der Waals surface area (Å²) >= 11 is 0. The third kappa shape index (κ3) is 1.13. The molecule has 1 atom stereocenters. The highest BCUT2D eigenvalue weighted by molar-refractivity contribution is 5.87. The van der Waals surface area contributed by atoms with Gasteiger partial charge in [-0.3, -0.25) is 0 Å². The summed E-state index contributed by atoms with van der Waals surface area (Å²) in [6.45, 7) is 3.23. The van der Waals surface area contributed by atoms with E-state index in [9.17, 15) is 0 Å². The Kier molecular flexibility index (Phi) is 1.35. The lowest BCUT2D eigenvalue weighted by atomic mass is 10.2. The Balaban J connectivity index is 2.42. The maximum atomic E-state index is 7.49. The van der Waals surface area contributed by atoms with Crippen LogP contribution in [0.5, 0.6) is 0 Å². The van der Waals surface area contributed by atoms with Crippen molar-refractivity contribution in [2.24, 2.45) is 0 Å². The van der Waals surface area contributed by atoms with Gasteiger partial charge in [-0.1, -0.05) is 6.92 Å². The number of hydrogen-bond donors (Lipinski definition) is 1. The molecule has 1 rings (SSSR count). The van der Waals surface area contributed by atoms with Crippen molar-refractivity contribution in [2.45, 2.75) is 19.4 Å². The van der Waals surface area contributed by atoms with Gasteiger partial charge < -0.3 is 9.89 Å². The van der Waals surface area contributed by atoms with Crippen molar-refractivity contribution in [1.82, 2.24) is 0 Å². The molecule has 52 valence electrons. The molecule has 0 radical (unpaired) electrons. The predicted octanol–water partition coefficient (Wildman–Crippen LogP) is 0.875. The second-order valence-electron chi connectivity index (χ2n) is 3.36. The summed E-state index contributed by atoms with van der Waals surface area (Å²) in [6.07, 6.45) is 0.923. The summed E-state index contributed by atoms with van der Waals surface area (Å²) in [4.78, 5) is 0. The van der Waals surface area contributed by atoms with E-state index in [1.807, 2.05) is 0 Å². The van der Waals surface area contributed by atoms with Gasteiger partial charge in [0.25, 0.3) is 0 Å². The molecular formula is C7H15N2+. The average Bonchev–Trinajstić information content (AvgIpc) is 2.38. The number of likely N-dealkylation sites (N-methyl/N-ethyl adjacent to an activating group) is 1. The highest BCUT2D eigenvalue weighted by Gasteiger charge is 2.49. The fourth-order valence-electron chi connectivity index (χ4n) is 1.17. The van der Waals surface area contributed by atoms with Gasteiger partial charge in [0.1, 0.15) is 6.54 Å². The second-order valence-corrected chi connectivity index (χ2v) is 3.36. The van der Waals surface area contributed by atoms with Gasteiger partial charge in [-0.15, -0.1) is 0 Å². The minimum absolute atomic E-state index is 0.551. The van der Waals surface area contributed by atoms with Crippen molar-refractivity contribution in [3.05, 3.63) is 0 Å². The van der Waals surface area contributed by atoms with Gasteiger partial charge >= 0.3 is 0 Å². The maximum Gasteiger partial charge on any atom is 0.176 e. The standard InChI is InChI=1S/C7H15N2/c1-4-6(8)7-5-9(7,2)3/h7-8H,4-5H2,1-3H3/q+1. The molecule has 1 fully saturated rings. The van der Waals surface area contributed by atoms with E-state index < -0.39 is 0 Å². The largest absolute Gasteiger partial charge is 0.311 e. The number of rotatable bonds is 2. The van der Waals surface area contributed by atoms with Crippen LogP contribution in [-0.2, 0) is 0 Å². The zero-order valence-corrected chi connectivity index (χ0v) is 6.44. The van der Waals surface area contributed by atoms with Gasteiger partial charge in [-0.05, 0) is 6.42 Å². The summed E-state index contributed by atoms with van der Waals surface area (Å²) in [5.41, 5.74) is 0.917. The number of nitrogens with one attached hydrogen (secondary N) is 1. The molecule has 2 nitrogen and oxygen atoms in total. The van der Waals surface area contributed by atoms with Crippen LogP contribution < -0.4 is 0 Å². The Morgan fingerprint density at radius 2 is 2.11 bits per heavy atom. The summed E-state index contributed by atoms with van der Waals surface area (Å²) in [5, 5.41) is 7.49. The van der Waals surface area contributed by atoms with Crippen LogP contribution in [0.4, 0.5) is 0 Å². The SMILES string of the molecule is CCC(=N)C1C[N+]1(C)C. The first-order valence-corrected chi connectivity index (χ1v) is 3.48. The van der Waals surface area contributed by atoms with Gasteiger partial charge in [-0.2, -0.15) is 0 Å². The number of quaternary nitrogens is 1. The van der Waals surface area contributed by atoms with E-state index in [0.29, 0.717) is 6.04 Å². The summed E-state index contributed by atoms with van der Waals surface area (Å²) < 4.78 is 1.03. The Hall–Kier alpha value is -0.370. The molecule has 0 aromatic rings. The summed E-state index contributed by atoms with van der Waals surface area (Å²) in [6, 6.07) is 0.551. The van der Waals surface area contributed by atoms with Gasteiger partial charge in [0, 0.05) is 0 Å². The molecule has 0 aromatic heterocycles. The summed E-state index contributed by atoms with van der Waals surface area (Å²) in [5.74, 6) is 0. The highest BCUT2D eigenvalue weighted by Crippen LogP contribution is 2.25. The normalized spacial score (nSPS) is 29.9. The van der Waals surface area contributed by atoms with Crippen LogP contribution in [0.2, 0.25) is 0 Å². The molecule has 1 N–H and O–H groups in total. The van der Waals surface area contributed by atoms with Gasteiger partial charge in [0.15, 0.2) is 6.04 Å². The van der Waals surface area contributed by atoms with Gasteiger partial charge in [-0.25, -0.2) is 0 Å². The molecular weight excluding hydrogens is 112 g/mol. The smallest absolute Gasteiger partial charge is 0.176 e. The number of nitrogens with zero attached hydrogens (tertiary/aromatic N) is 1. The molecule has 1 aliphatic heterocycles. The molecule has 0 saturated carbocycles. The molecule has 1 unspecified atom stereocenters. The Morgan fingerprint density at radius 3 is 2.22 bits per heavy atom. The lowest BCUT2D eigenvalue weighted by Crippen LogP contribution is -2.21. The molecule has 0 amide bonds. The van der Waals surface area contributed by atoms with E-state index in [1.165, 1.54) is 6.54 Å². The zero-order valence-electron chi connectivity index (χ0n) is 6.44. The number of hydrogen-bond acceptors (Lipinski definition) is 1. The first-order valence-electron chi connectivity index (χ1n) is 3.48. The van der Waals surface area contributed by atoms with Gasteiger partial charge in [0.2, 0.25) is 0 Å². The lowest BCUT2D eigenvalue weighted by Gasteiger charge is -2.04. The van der Waals surface area contributed by atoms with Crippen LogP contribution in [0.25, 0.3) is 0 Å². The molecule has 2 heteroatoms. The Morgan fingerprint density at radius 1 is 1.67 bits per heavy atom. The molecule has 1 saturated heterocycles. The van der Waals surface area contributed by atoms with Crippen molar-refractivity contribution in [3.8, 4) is 0 Å². The van der Waals surface area contributed by atoms with Crippen LogP contribution in [0.15, 0.2) is 0 Å². The van der Waals surface area contributed by atoms with E-state index in [1.54, 1.807) is 0 Å². The van der Waals surface area contributed by atoms with Crippen molar-refractivity contribution in [1.29, 1.82) is 5.41 Å². The van der Waals surface area contributed by atoms with E-state index in [4.69, 9.17) is 5.41 Å².